The Kier molecular flexibility index (Phi) is 2.57. The Hall–Kier alpha value is -1.81. The molecule has 1 aliphatic rings. The number of nitrogens with two attached hydrogens (primary N) is 1. The van der Waals surface area contributed by atoms with Gasteiger partial charge in [-0.15, -0.1) is 0 Å². The third-order valence-corrected chi connectivity index (χ3v) is 3.20. The van der Waals surface area contributed by atoms with Crippen LogP contribution in [-0.4, -0.2) is 16.2 Å². The maximum atomic E-state index is 5.67. The molecule has 17 heavy (non-hydrogen) atoms. The Morgan fingerprint density at radius 2 is 2.29 bits per heavy atom. The van der Waals surface area contributed by atoms with Gasteiger partial charge in [-0.05, 0) is 6.07 Å². The molecule has 3 rings (SSSR count). The first-order chi connectivity index (χ1) is 8.38. The minimum absolute atomic E-state index is 0.394. The lowest BCUT2D eigenvalue weighted by atomic mass is 10.0. The Balaban J connectivity index is 1.84. The first kappa shape index (κ1) is 10.4. The molecular weight excluding hydrogens is 214 g/mol. The van der Waals surface area contributed by atoms with Gasteiger partial charge in [-0.25, -0.2) is 4.98 Å². The van der Waals surface area contributed by atoms with Crippen molar-refractivity contribution in [2.75, 3.05) is 6.61 Å². The number of nitrogens with zero attached hydrogens (tertiary/aromatic N) is 2. The van der Waals surface area contributed by atoms with E-state index in [9.17, 15) is 0 Å². The molecule has 4 heteroatoms. The number of rotatable bonds is 3. The molecule has 2 aromatic rings. The SMILES string of the molecule is NCc1nccn1CC1COc2ccccc21. The van der Waals surface area contributed by atoms with E-state index in [0.29, 0.717) is 12.5 Å². The average molecular weight is 229 g/mol. The Morgan fingerprint density at radius 1 is 1.41 bits per heavy atom. The van der Waals surface area contributed by atoms with Gasteiger partial charge >= 0.3 is 0 Å². The molecule has 4 nitrogen and oxygen atoms in total. The van der Waals surface area contributed by atoms with Crippen LogP contribution in [0.2, 0.25) is 0 Å². The molecule has 0 saturated carbocycles. The zero-order valence-electron chi connectivity index (χ0n) is 9.54. The largest absolute Gasteiger partial charge is 0.493 e. The highest BCUT2D eigenvalue weighted by molar-refractivity contribution is 5.39. The second kappa shape index (κ2) is 4.22. The summed E-state index contributed by atoms with van der Waals surface area (Å²) in [6.45, 7) is 2.09. The third kappa shape index (κ3) is 1.80. The molecule has 1 atom stereocenters. The molecule has 2 heterocycles. The molecule has 1 unspecified atom stereocenters. The molecule has 0 bridgehead atoms. The normalized spacial score (nSPS) is 17.8. The van der Waals surface area contributed by atoms with Gasteiger partial charge in [-0.3, -0.25) is 0 Å². The van der Waals surface area contributed by atoms with Crippen molar-refractivity contribution in [3.63, 3.8) is 0 Å². The summed E-state index contributed by atoms with van der Waals surface area (Å²) in [7, 11) is 0. The van der Waals surface area contributed by atoms with E-state index in [1.165, 1.54) is 5.56 Å². The quantitative estimate of drug-likeness (QED) is 0.868. The van der Waals surface area contributed by atoms with E-state index in [1.807, 2.05) is 18.3 Å². The monoisotopic (exact) mass is 229 g/mol. The van der Waals surface area contributed by atoms with Crippen LogP contribution < -0.4 is 10.5 Å². The van der Waals surface area contributed by atoms with Gasteiger partial charge in [0.2, 0.25) is 0 Å². The van der Waals surface area contributed by atoms with E-state index in [-0.39, 0.29) is 0 Å². The van der Waals surface area contributed by atoms with Gasteiger partial charge < -0.3 is 15.0 Å². The Morgan fingerprint density at radius 3 is 3.18 bits per heavy atom. The number of aromatic nitrogens is 2. The fourth-order valence-electron chi connectivity index (χ4n) is 2.31. The van der Waals surface area contributed by atoms with Crippen molar-refractivity contribution in [3.8, 4) is 5.75 Å². The molecule has 1 aliphatic heterocycles. The summed E-state index contributed by atoms with van der Waals surface area (Å²) in [6.07, 6.45) is 3.77. The first-order valence-corrected chi connectivity index (χ1v) is 5.80. The topological polar surface area (TPSA) is 53.1 Å². The summed E-state index contributed by atoms with van der Waals surface area (Å²) in [5.41, 5.74) is 6.93. The van der Waals surface area contributed by atoms with Crippen LogP contribution in [0.4, 0.5) is 0 Å². The summed E-state index contributed by atoms with van der Waals surface area (Å²) < 4.78 is 7.78. The highest BCUT2D eigenvalue weighted by atomic mass is 16.5. The van der Waals surface area contributed by atoms with Crippen molar-refractivity contribution in [2.45, 2.75) is 19.0 Å². The van der Waals surface area contributed by atoms with E-state index >= 15 is 0 Å². The van der Waals surface area contributed by atoms with Crippen molar-refractivity contribution >= 4 is 0 Å². The fraction of sp³-hybridized carbons (Fsp3) is 0.308. The van der Waals surface area contributed by atoms with Crippen LogP contribution in [0.1, 0.15) is 17.3 Å². The minimum Gasteiger partial charge on any atom is -0.493 e. The Labute approximate surface area is 100 Å². The smallest absolute Gasteiger partial charge is 0.122 e. The Bertz CT molecular complexity index is 521. The lowest BCUT2D eigenvalue weighted by Gasteiger charge is -2.11. The van der Waals surface area contributed by atoms with Crippen LogP contribution in [0.5, 0.6) is 5.75 Å². The summed E-state index contributed by atoms with van der Waals surface area (Å²) in [5.74, 6) is 2.33. The predicted molar refractivity (Wildman–Crippen MR) is 64.8 cm³/mol. The molecule has 0 fully saturated rings. The zero-order valence-corrected chi connectivity index (χ0v) is 9.54. The number of benzene rings is 1. The van der Waals surface area contributed by atoms with E-state index in [0.717, 1.165) is 24.7 Å². The number of para-hydroxylation sites is 1. The molecule has 0 aliphatic carbocycles. The van der Waals surface area contributed by atoms with E-state index in [2.05, 4.69) is 21.7 Å². The maximum Gasteiger partial charge on any atom is 0.122 e. The molecule has 0 amide bonds. The average Bonchev–Trinajstić information content (AvgIpc) is 2.97. The summed E-state index contributed by atoms with van der Waals surface area (Å²) in [4.78, 5) is 4.23. The van der Waals surface area contributed by atoms with Crippen LogP contribution in [0.25, 0.3) is 0 Å². The molecule has 0 saturated heterocycles. The molecule has 2 N–H and O–H groups in total. The number of imidazole rings is 1. The lowest BCUT2D eigenvalue weighted by Crippen LogP contribution is -2.14. The second-order valence-corrected chi connectivity index (χ2v) is 4.25. The highest BCUT2D eigenvalue weighted by Gasteiger charge is 2.24. The van der Waals surface area contributed by atoms with Crippen LogP contribution >= 0.6 is 0 Å². The number of hydrogen-bond donors (Lipinski definition) is 1. The molecule has 0 radical (unpaired) electrons. The van der Waals surface area contributed by atoms with Crippen molar-refractivity contribution in [3.05, 3.63) is 48.0 Å². The van der Waals surface area contributed by atoms with Gasteiger partial charge in [-0.1, -0.05) is 18.2 Å². The standard InChI is InChI=1S/C13H15N3O/c14-7-13-15-5-6-16(13)8-10-9-17-12-4-2-1-3-11(10)12/h1-6,10H,7-9,14H2. The number of ether oxygens (including phenoxy) is 1. The predicted octanol–water partition coefficient (Wildman–Crippen LogP) is 1.52. The van der Waals surface area contributed by atoms with Gasteiger partial charge in [-0.2, -0.15) is 0 Å². The summed E-state index contributed by atoms with van der Waals surface area (Å²) in [5, 5.41) is 0. The fourth-order valence-corrected chi connectivity index (χ4v) is 2.31. The van der Waals surface area contributed by atoms with Crippen molar-refractivity contribution in [1.29, 1.82) is 0 Å². The molecular formula is C13H15N3O. The zero-order chi connectivity index (χ0) is 11.7. The van der Waals surface area contributed by atoms with Crippen molar-refractivity contribution in [2.24, 2.45) is 5.73 Å². The van der Waals surface area contributed by atoms with Crippen molar-refractivity contribution < 1.29 is 4.74 Å². The van der Waals surface area contributed by atoms with Crippen LogP contribution in [0.3, 0.4) is 0 Å². The summed E-state index contributed by atoms with van der Waals surface area (Å²) in [6, 6.07) is 8.21. The number of hydrogen-bond acceptors (Lipinski definition) is 3. The van der Waals surface area contributed by atoms with Gasteiger partial charge in [0.25, 0.3) is 0 Å². The van der Waals surface area contributed by atoms with E-state index in [4.69, 9.17) is 10.5 Å². The maximum absolute atomic E-state index is 5.67. The van der Waals surface area contributed by atoms with Crippen molar-refractivity contribution in [1.82, 2.24) is 9.55 Å². The lowest BCUT2D eigenvalue weighted by molar-refractivity contribution is 0.318. The van der Waals surface area contributed by atoms with Crippen LogP contribution in [-0.2, 0) is 13.1 Å². The molecule has 88 valence electrons. The van der Waals surface area contributed by atoms with E-state index in [1.54, 1.807) is 6.20 Å². The summed E-state index contributed by atoms with van der Waals surface area (Å²) >= 11 is 0. The number of fused-ring (bicyclic) bond motifs is 1. The van der Waals surface area contributed by atoms with Gasteiger partial charge in [0.15, 0.2) is 0 Å². The highest BCUT2D eigenvalue weighted by Crippen LogP contribution is 2.34. The van der Waals surface area contributed by atoms with Gasteiger partial charge in [0.1, 0.15) is 11.6 Å². The van der Waals surface area contributed by atoms with Gasteiger partial charge in [0.05, 0.1) is 13.2 Å². The molecule has 0 spiro atoms. The van der Waals surface area contributed by atoms with E-state index < -0.39 is 0 Å². The van der Waals surface area contributed by atoms with Gasteiger partial charge in [0, 0.05) is 30.4 Å². The second-order valence-electron chi connectivity index (χ2n) is 4.25. The first-order valence-electron chi connectivity index (χ1n) is 5.80. The third-order valence-electron chi connectivity index (χ3n) is 3.20. The van der Waals surface area contributed by atoms with Crippen LogP contribution in [0.15, 0.2) is 36.7 Å². The molecule has 1 aromatic carbocycles. The molecule has 1 aromatic heterocycles. The van der Waals surface area contributed by atoms with Crippen LogP contribution in [0, 0.1) is 0 Å². The minimum atomic E-state index is 0.394.